The highest BCUT2D eigenvalue weighted by atomic mass is 19.1. The molecule has 38 heavy (non-hydrogen) atoms. The Morgan fingerprint density at radius 3 is 2.47 bits per heavy atom. The summed E-state index contributed by atoms with van der Waals surface area (Å²) < 4.78 is 33.7. The number of nitrogens with zero attached hydrogens (tertiary/aromatic N) is 4. The second-order valence-electron chi connectivity index (χ2n) is 9.00. The molecule has 12 heteroatoms. The fourth-order valence-electron chi connectivity index (χ4n) is 4.42. The third-order valence-electron chi connectivity index (χ3n) is 6.38. The van der Waals surface area contributed by atoms with Crippen LogP contribution in [0.15, 0.2) is 59.3 Å². The van der Waals surface area contributed by atoms with Gasteiger partial charge in [0.15, 0.2) is 11.6 Å². The van der Waals surface area contributed by atoms with Crippen molar-refractivity contribution in [2.45, 2.75) is 25.4 Å². The number of dihydropyridines is 1. The third-order valence-corrected chi connectivity index (χ3v) is 6.38. The first-order valence-corrected chi connectivity index (χ1v) is 12.3. The van der Waals surface area contributed by atoms with Crippen LogP contribution in [-0.4, -0.2) is 66.5 Å². The smallest absolute Gasteiger partial charge is 0.332 e. The van der Waals surface area contributed by atoms with Gasteiger partial charge < -0.3 is 20.3 Å². The molecule has 10 nitrogen and oxygen atoms in total. The summed E-state index contributed by atoms with van der Waals surface area (Å²) in [5, 5.41) is 5.33. The fraction of sp³-hybridized carbons (Fsp3) is 0.308. The van der Waals surface area contributed by atoms with E-state index in [-0.39, 0.29) is 30.6 Å². The molecule has 2 aromatic carbocycles. The minimum absolute atomic E-state index is 0.0612. The summed E-state index contributed by atoms with van der Waals surface area (Å²) in [5.74, 6) is -0.786. The summed E-state index contributed by atoms with van der Waals surface area (Å²) in [6.07, 6.45) is 4.89. The highest BCUT2D eigenvalue weighted by Crippen LogP contribution is 2.26. The summed E-state index contributed by atoms with van der Waals surface area (Å²) in [4.78, 5) is 46.0. The first-order chi connectivity index (χ1) is 18.4. The number of halogens is 2. The van der Waals surface area contributed by atoms with Crippen LogP contribution in [0.1, 0.15) is 19.3 Å². The Hall–Kier alpha value is -4.48. The quantitative estimate of drug-likeness (QED) is 0.608. The molecule has 6 amide bonds. The van der Waals surface area contributed by atoms with Gasteiger partial charge in [0, 0.05) is 49.7 Å². The molecular weight excluding hydrogens is 498 g/mol. The molecule has 0 saturated carbocycles. The molecule has 0 spiro atoms. The number of hydrogen-bond acceptors (Lipinski definition) is 5. The molecule has 3 aliphatic rings. The first kappa shape index (κ1) is 25.2. The number of ether oxygens (including phenoxy) is 1. The molecule has 198 valence electrons. The van der Waals surface area contributed by atoms with Crippen molar-refractivity contribution in [2.24, 2.45) is 4.99 Å². The Balaban J connectivity index is 1.18. The monoisotopic (exact) mass is 524 g/mol. The van der Waals surface area contributed by atoms with Gasteiger partial charge in [-0.05, 0) is 55.3 Å². The van der Waals surface area contributed by atoms with Gasteiger partial charge in [0.2, 0.25) is 0 Å². The third kappa shape index (κ3) is 5.58. The second-order valence-corrected chi connectivity index (χ2v) is 9.00. The lowest BCUT2D eigenvalue weighted by molar-refractivity contribution is 0.206. The summed E-state index contributed by atoms with van der Waals surface area (Å²) in [6, 6.07) is 7.82. The molecule has 0 aliphatic carbocycles. The van der Waals surface area contributed by atoms with E-state index in [9.17, 15) is 23.2 Å². The van der Waals surface area contributed by atoms with Gasteiger partial charge in [-0.3, -0.25) is 9.89 Å². The second kappa shape index (κ2) is 10.9. The van der Waals surface area contributed by atoms with E-state index in [0.29, 0.717) is 31.0 Å². The lowest BCUT2D eigenvalue weighted by atomic mass is 10.2. The maximum absolute atomic E-state index is 14.8. The number of carbonyl (C=O) groups is 3. The number of allylic oxidation sites excluding steroid dienone is 1. The summed E-state index contributed by atoms with van der Waals surface area (Å²) in [6.45, 7) is 1.79. The predicted molar refractivity (Wildman–Crippen MR) is 136 cm³/mol. The van der Waals surface area contributed by atoms with Crippen LogP contribution in [0.25, 0.3) is 0 Å². The lowest BCUT2D eigenvalue weighted by Gasteiger charge is -2.21. The first-order valence-electron chi connectivity index (χ1n) is 12.3. The number of urea groups is 3. The largest absolute Gasteiger partial charge is 0.458 e. The highest BCUT2D eigenvalue weighted by molar-refractivity contribution is 6.08. The van der Waals surface area contributed by atoms with Crippen molar-refractivity contribution in [1.29, 1.82) is 0 Å². The Kier molecular flexibility index (Phi) is 7.20. The van der Waals surface area contributed by atoms with Crippen LogP contribution in [0.2, 0.25) is 0 Å². The van der Waals surface area contributed by atoms with E-state index in [4.69, 9.17) is 4.74 Å². The average molecular weight is 525 g/mol. The topological polar surface area (TPSA) is 107 Å². The Morgan fingerprint density at radius 2 is 1.74 bits per heavy atom. The van der Waals surface area contributed by atoms with Crippen LogP contribution >= 0.6 is 0 Å². The van der Waals surface area contributed by atoms with Gasteiger partial charge >= 0.3 is 18.1 Å². The number of likely N-dealkylation sites (tertiary alicyclic amines) is 1. The minimum atomic E-state index is -0.718. The molecule has 0 bridgehead atoms. The highest BCUT2D eigenvalue weighted by Gasteiger charge is 2.34. The maximum atomic E-state index is 14.8. The Bertz CT molecular complexity index is 1290. The molecule has 2 fully saturated rings. The van der Waals surface area contributed by atoms with E-state index in [1.54, 1.807) is 17.2 Å². The van der Waals surface area contributed by atoms with E-state index in [2.05, 4.69) is 15.6 Å². The molecular formula is C26H26F2N6O4. The zero-order chi connectivity index (χ0) is 26.6. The van der Waals surface area contributed by atoms with Crippen molar-refractivity contribution in [3.8, 4) is 5.75 Å². The van der Waals surface area contributed by atoms with Gasteiger partial charge in [-0.1, -0.05) is 0 Å². The van der Waals surface area contributed by atoms with E-state index >= 15 is 0 Å². The van der Waals surface area contributed by atoms with Crippen LogP contribution in [0, 0.1) is 11.6 Å². The molecule has 3 aliphatic heterocycles. The predicted octanol–water partition coefficient (Wildman–Crippen LogP) is 4.31. The number of benzene rings is 2. The number of hydrogen-bond donors (Lipinski definition) is 2. The number of nitrogens with one attached hydrogen (secondary N) is 2. The lowest BCUT2D eigenvalue weighted by Crippen LogP contribution is -2.42. The SMILES string of the molecule is O=C(NC1C=C(Oc2ccc(NC(=O)N3CCN(c4ccc(F)cc4)C3=O)cc2F)CC=N1)N1CCCC1. The van der Waals surface area contributed by atoms with Gasteiger partial charge in [0.25, 0.3) is 0 Å². The van der Waals surface area contributed by atoms with Gasteiger partial charge in [-0.25, -0.2) is 28.1 Å². The van der Waals surface area contributed by atoms with Crippen molar-refractivity contribution in [1.82, 2.24) is 15.1 Å². The van der Waals surface area contributed by atoms with Crippen molar-refractivity contribution in [2.75, 3.05) is 36.4 Å². The van der Waals surface area contributed by atoms with Gasteiger partial charge in [-0.15, -0.1) is 0 Å². The number of amides is 6. The zero-order valence-electron chi connectivity index (χ0n) is 20.4. The number of carbonyl (C=O) groups excluding carboxylic acids is 3. The number of anilines is 2. The molecule has 0 radical (unpaired) electrons. The Morgan fingerprint density at radius 1 is 0.974 bits per heavy atom. The van der Waals surface area contributed by atoms with Crippen molar-refractivity contribution < 1.29 is 27.9 Å². The van der Waals surface area contributed by atoms with Crippen molar-refractivity contribution in [3.05, 3.63) is 65.9 Å². The van der Waals surface area contributed by atoms with Crippen LogP contribution in [0.5, 0.6) is 5.75 Å². The van der Waals surface area contributed by atoms with Crippen molar-refractivity contribution in [3.63, 3.8) is 0 Å². The number of aliphatic imine (C=N–C) groups is 1. The van der Waals surface area contributed by atoms with Crippen LogP contribution in [0.3, 0.4) is 0 Å². The minimum Gasteiger partial charge on any atom is -0.458 e. The number of rotatable bonds is 5. The van der Waals surface area contributed by atoms with Crippen LogP contribution in [0.4, 0.5) is 34.5 Å². The average Bonchev–Trinajstić information content (AvgIpc) is 3.57. The van der Waals surface area contributed by atoms with E-state index in [1.807, 2.05) is 0 Å². The molecule has 5 rings (SSSR count). The molecule has 1 unspecified atom stereocenters. The molecule has 1 atom stereocenters. The molecule has 0 aromatic heterocycles. The molecule has 2 saturated heterocycles. The molecule has 3 heterocycles. The molecule has 2 N–H and O–H groups in total. The summed E-state index contributed by atoms with van der Waals surface area (Å²) in [7, 11) is 0. The zero-order valence-corrected chi connectivity index (χ0v) is 20.4. The fourth-order valence-corrected chi connectivity index (χ4v) is 4.42. The number of imide groups is 1. The van der Waals surface area contributed by atoms with E-state index in [0.717, 1.165) is 23.8 Å². The standard InChI is InChI=1S/C26H26F2N6O4/c27-17-3-6-19(7-4-17)33-13-14-34(26(33)37)25(36)30-18-5-8-22(21(28)15-18)38-20-9-10-29-23(16-20)31-24(35)32-11-1-2-12-32/h3-8,10,15-16,23H,1-2,9,11-14H2,(H,30,36)(H,31,35). The van der Waals surface area contributed by atoms with Crippen LogP contribution < -0.4 is 20.3 Å². The van der Waals surface area contributed by atoms with E-state index in [1.165, 1.54) is 41.3 Å². The van der Waals surface area contributed by atoms with Crippen LogP contribution in [-0.2, 0) is 0 Å². The molecule has 2 aromatic rings. The van der Waals surface area contributed by atoms with Gasteiger partial charge in [0.1, 0.15) is 17.7 Å². The summed E-state index contributed by atoms with van der Waals surface area (Å²) in [5.41, 5.74) is 0.613. The van der Waals surface area contributed by atoms with Gasteiger partial charge in [-0.2, -0.15) is 0 Å². The van der Waals surface area contributed by atoms with Gasteiger partial charge in [0.05, 0.1) is 6.54 Å². The summed E-state index contributed by atoms with van der Waals surface area (Å²) >= 11 is 0. The van der Waals surface area contributed by atoms with Crippen molar-refractivity contribution >= 4 is 35.7 Å². The maximum Gasteiger partial charge on any atom is 0.332 e. The van der Waals surface area contributed by atoms with E-state index < -0.39 is 29.9 Å². The Labute approximate surface area is 217 Å². The normalized spacial score (nSPS) is 19.0.